The highest BCUT2D eigenvalue weighted by Crippen LogP contribution is 1.99. The summed E-state index contributed by atoms with van der Waals surface area (Å²) in [7, 11) is 0. The smallest absolute Gasteiger partial charge is 0.305 e. The van der Waals surface area contributed by atoms with Gasteiger partial charge < -0.3 is 5.84 Å². The molecule has 0 saturated heterocycles. The van der Waals surface area contributed by atoms with E-state index in [1.165, 1.54) is 12.3 Å². The Morgan fingerprint density at radius 1 is 1.70 bits per heavy atom. The van der Waals surface area contributed by atoms with Gasteiger partial charge in [0.2, 0.25) is 0 Å². The van der Waals surface area contributed by atoms with Crippen LogP contribution in [0.3, 0.4) is 0 Å². The van der Waals surface area contributed by atoms with Crippen LogP contribution in [-0.2, 0) is 0 Å². The summed E-state index contributed by atoms with van der Waals surface area (Å²) >= 11 is 0. The van der Waals surface area contributed by atoms with E-state index in [4.69, 9.17) is 5.84 Å². The minimum absolute atomic E-state index is 0.294. The number of nitrogens with zero attached hydrogens (tertiary/aromatic N) is 3. The monoisotopic (exact) mass is 139 g/mol. The highest BCUT2D eigenvalue weighted by atomic mass is 16.1. The van der Waals surface area contributed by atoms with E-state index in [1.54, 1.807) is 0 Å². The normalized spacial score (nSPS) is 10.4. The molecular weight excluding hydrogens is 134 g/mol. The molecule has 6 heteroatoms. The van der Waals surface area contributed by atoms with Crippen LogP contribution in [0.4, 0.5) is 5.82 Å². The van der Waals surface area contributed by atoms with Crippen molar-refractivity contribution in [2.24, 2.45) is 16.2 Å². The Balaban J connectivity index is 3.07. The molecule has 0 saturated carbocycles. The van der Waals surface area contributed by atoms with Gasteiger partial charge in [0.05, 0.1) is 0 Å². The highest BCUT2D eigenvalue weighted by molar-refractivity contribution is 5.20. The summed E-state index contributed by atoms with van der Waals surface area (Å²) in [5, 5.41) is 6.35. The lowest BCUT2D eigenvalue weighted by Gasteiger charge is -1.85. The van der Waals surface area contributed by atoms with Crippen molar-refractivity contribution in [2.45, 2.75) is 0 Å². The van der Waals surface area contributed by atoms with Crippen molar-refractivity contribution in [2.75, 3.05) is 0 Å². The topological polar surface area (TPSA) is 96.5 Å². The molecule has 0 fully saturated rings. The van der Waals surface area contributed by atoms with Gasteiger partial charge in [-0.25, -0.2) is 9.78 Å². The van der Waals surface area contributed by atoms with Gasteiger partial charge in [-0.3, -0.25) is 4.98 Å². The molecule has 1 heterocycles. The first-order valence-electron chi connectivity index (χ1n) is 2.49. The standard InChI is InChI=1S/C4H5N5O/c5-9-8-3-1-2-6-4(10)7-3/h1-2H,(H3,5,6,7,8,10). The largest absolute Gasteiger partial charge is 0.346 e. The van der Waals surface area contributed by atoms with Crippen molar-refractivity contribution in [1.82, 2.24) is 9.97 Å². The third-order valence-electron chi connectivity index (χ3n) is 0.825. The van der Waals surface area contributed by atoms with Crippen molar-refractivity contribution < 1.29 is 0 Å². The zero-order valence-corrected chi connectivity index (χ0v) is 4.98. The van der Waals surface area contributed by atoms with Crippen molar-refractivity contribution >= 4 is 5.82 Å². The van der Waals surface area contributed by atoms with Crippen LogP contribution < -0.4 is 11.5 Å². The summed E-state index contributed by atoms with van der Waals surface area (Å²) in [4.78, 5) is 16.1. The summed E-state index contributed by atoms with van der Waals surface area (Å²) in [6, 6.07) is 1.48. The number of nitrogens with one attached hydrogen (secondary N) is 1. The van der Waals surface area contributed by atoms with E-state index in [0.29, 0.717) is 5.82 Å². The second-order valence-electron chi connectivity index (χ2n) is 1.48. The SMILES string of the molecule is NN=Nc1ccnc(=O)[nH]1. The minimum Gasteiger partial charge on any atom is -0.305 e. The lowest BCUT2D eigenvalue weighted by Crippen LogP contribution is -2.07. The number of H-pyrrole nitrogens is 1. The first-order chi connectivity index (χ1) is 4.83. The van der Waals surface area contributed by atoms with E-state index in [1.807, 2.05) is 0 Å². The van der Waals surface area contributed by atoms with Crippen molar-refractivity contribution in [1.29, 1.82) is 0 Å². The predicted molar refractivity (Wildman–Crippen MR) is 33.6 cm³/mol. The average Bonchev–Trinajstić information content (AvgIpc) is 1.88. The van der Waals surface area contributed by atoms with Crippen LogP contribution in [0.15, 0.2) is 27.4 Å². The summed E-state index contributed by atoms with van der Waals surface area (Å²) in [5.41, 5.74) is -0.468. The maximum Gasteiger partial charge on any atom is 0.346 e. The van der Waals surface area contributed by atoms with Gasteiger partial charge >= 0.3 is 5.69 Å². The predicted octanol–water partition coefficient (Wildman–Crippen LogP) is -0.273. The van der Waals surface area contributed by atoms with Crippen LogP contribution in [0, 0.1) is 0 Å². The number of hydrogen-bond donors (Lipinski definition) is 2. The fourth-order valence-electron chi connectivity index (χ4n) is 0.480. The van der Waals surface area contributed by atoms with Crippen LogP contribution in [-0.4, -0.2) is 9.97 Å². The maximum absolute atomic E-state index is 10.5. The van der Waals surface area contributed by atoms with Gasteiger partial charge in [0, 0.05) is 12.3 Å². The number of aromatic amines is 1. The molecule has 1 rings (SSSR count). The Bertz CT molecular complexity index is 290. The zero-order chi connectivity index (χ0) is 7.40. The Labute approximate surface area is 55.8 Å². The third kappa shape index (κ3) is 1.38. The van der Waals surface area contributed by atoms with E-state index < -0.39 is 5.69 Å². The number of hydrogen-bond acceptors (Lipinski definition) is 4. The summed E-state index contributed by atoms with van der Waals surface area (Å²) < 4.78 is 0. The van der Waals surface area contributed by atoms with Crippen LogP contribution in [0.25, 0.3) is 0 Å². The number of aromatic nitrogens is 2. The molecule has 0 atom stereocenters. The molecule has 0 aliphatic heterocycles. The molecule has 0 aliphatic rings. The number of rotatable bonds is 1. The van der Waals surface area contributed by atoms with Gasteiger partial charge in [-0.05, 0) is 0 Å². The van der Waals surface area contributed by atoms with Gasteiger partial charge in [-0.1, -0.05) is 5.22 Å². The Morgan fingerprint density at radius 3 is 3.10 bits per heavy atom. The second-order valence-corrected chi connectivity index (χ2v) is 1.48. The van der Waals surface area contributed by atoms with Crippen molar-refractivity contribution in [3.8, 4) is 0 Å². The van der Waals surface area contributed by atoms with E-state index in [2.05, 4.69) is 20.3 Å². The van der Waals surface area contributed by atoms with Crippen LogP contribution >= 0.6 is 0 Å². The molecular formula is C4H5N5O. The lowest BCUT2D eigenvalue weighted by molar-refractivity contribution is 0.992. The summed E-state index contributed by atoms with van der Waals surface area (Å²) in [6.45, 7) is 0. The molecule has 0 spiro atoms. The fourth-order valence-corrected chi connectivity index (χ4v) is 0.480. The van der Waals surface area contributed by atoms with Crippen LogP contribution in [0.1, 0.15) is 0 Å². The molecule has 52 valence electrons. The van der Waals surface area contributed by atoms with Gasteiger partial charge in [-0.15, -0.1) is 5.11 Å². The molecule has 6 nitrogen and oxygen atoms in total. The molecule has 0 aromatic carbocycles. The molecule has 0 aliphatic carbocycles. The first kappa shape index (κ1) is 6.40. The average molecular weight is 139 g/mol. The molecule has 0 bridgehead atoms. The Morgan fingerprint density at radius 2 is 2.50 bits per heavy atom. The van der Waals surface area contributed by atoms with Gasteiger partial charge in [0.15, 0.2) is 5.82 Å². The summed E-state index contributed by atoms with van der Waals surface area (Å²) in [6.07, 6.45) is 1.32. The molecule has 0 radical (unpaired) electrons. The first-order valence-corrected chi connectivity index (χ1v) is 2.49. The molecule has 1 aromatic rings. The van der Waals surface area contributed by atoms with E-state index >= 15 is 0 Å². The zero-order valence-electron chi connectivity index (χ0n) is 4.98. The fraction of sp³-hybridized carbons (Fsp3) is 0. The molecule has 3 N–H and O–H groups in total. The Hall–Kier alpha value is -1.72. The molecule has 1 aromatic heterocycles. The molecule has 0 amide bonds. The number of nitrogens with two attached hydrogens (primary N) is 1. The summed E-state index contributed by atoms with van der Waals surface area (Å²) in [5.74, 6) is 5.02. The molecule has 0 unspecified atom stereocenters. The van der Waals surface area contributed by atoms with E-state index in [-0.39, 0.29) is 0 Å². The van der Waals surface area contributed by atoms with E-state index in [9.17, 15) is 4.79 Å². The quantitative estimate of drug-likeness (QED) is 0.318. The third-order valence-corrected chi connectivity index (χ3v) is 0.825. The van der Waals surface area contributed by atoms with Crippen LogP contribution in [0.2, 0.25) is 0 Å². The molecule has 10 heavy (non-hydrogen) atoms. The Kier molecular flexibility index (Phi) is 1.74. The minimum atomic E-state index is -0.468. The second kappa shape index (κ2) is 2.72. The lowest BCUT2D eigenvalue weighted by atomic mass is 10.6. The van der Waals surface area contributed by atoms with Gasteiger partial charge in [0.1, 0.15) is 0 Å². The van der Waals surface area contributed by atoms with E-state index in [0.717, 1.165) is 0 Å². The van der Waals surface area contributed by atoms with Gasteiger partial charge in [0.25, 0.3) is 0 Å². The van der Waals surface area contributed by atoms with Crippen molar-refractivity contribution in [3.05, 3.63) is 22.7 Å². The van der Waals surface area contributed by atoms with Crippen LogP contribution in [0.5, 0.6) is 0 Å². The van der Waals surface area contributed by atoms with Crippen molar-refractivity contribution in [3.63, 3.8) is 0 Å². The maximum atomic E-state index is 10.5. The van der Waals surface area contributed by atoms with Gasteiger partial charge in [-0.2, -0.15) is 0 Å². The highest BCUT2D eigenvalue weighted by Gasteiger charge is 1.87.